The number of hydrogen-bond donors (Lipinski definition) is 0. The Labute approximate surface area is 73.4 Å². The van der Waals surface area contributed by atoms with Crippen LogP contribution in [0.3, 0.4) is 0 Å². The fraction of sp³-hybridized carbons (Fsp3) is 0.250. The minimum atomic E-state index is -2.70. The summed E-state index contributed by atoms with van der Waals surface area (Å²) in [7, 11) is 1.33. The molecule has 0 atom stereocenters. The number of halogens is 2. The molecule has 0 spiro atoms. The van der Waals surface area contributed by atoms with Crippen molar-refractivity contribution in [1.29, 1.82) is 0 Å². The molecule has 1 aromatic rings. The minimum Gasteiger partial charge on any atom is -0.497 e. The third-order valence-corrected chi connectivity index (χ3v) is 1.42. The number of ether oxygens (including phenoxy) is 1. The van der Waals surface area contributed by atoms with E-state index in [1.807, 2.05) is 0 Å². The highest BCUT2D eigenvalue weighted by atomic mass is 19.3. The Morgan fingerprint density at radius 1 is 1.54 bits per heavy atom. The van der Waals surface area contributed by atoms with Gasteiger partial charge in [-0.1, -0.05) is 0 Å². The molecule has 5 heteroatoms. The van der Waals surface area contributed by atoms with Gasteiger partial charge < -0.3 is 4.74 Å². The standard InChI is InChI=1S/C8H7F2NO2/c1-13-6-2-5(4-12)11-7(3-6)8(9)10/h2-4,8H,1H3. The first kappa shape index (κ1) is 9.57. The molecule has 0 N–H and O–H groups in total. The molecule has 0 radical (unpaired) electrons. The molecular weight excluding hydrogens is 180 g/mol. The Bertz CT molecular complexity index is 315. The number of hydrogen-bond acceptors (Lipinski definition) is 3. The second kappa shape index (κ2) is 3.93. The molecule has 0 aliphatic heterocycles. The van der Waals surface area contributed by atoms with Crippen molar-refractivity contribution in [2.24, 2.45) is 0 Å². The number of methoxy groups -OCH3 is 1. The SMILES string of the molecule is COc1cc(C=O)nc(C(F)F)c1. The second-order valence-electron chi connectivity index (χ2n) is 2.28. The van der Waals surface area contributed by atoms with E-state index < -0.39 is 12.1 Å². The van der Waals surface area contributed by atoms with Crippen LogP contribution >= 0.6 is 0 Å². The Balaban J connectivity index is 3.14. The summed E-state index contributed by atoms with van der Waals surface area (Å²) in [5, 5.41) is 0. The highest BCUT2D eigenvalue weighted by Crippen LogP contribution is 2.21. The summed E-state index contributed by atoms with van der Waals surface area (Å²) in [6.07, 6.45) is -2.30. The number of pyridine rings is 1. The molecule has 0 fully saturated rings. The number of carbonyl (C=O) groups is 1. The van der Waals surface area contributed by atoms with Crippen LogP contribution in [0.15, 0.2) is 12.1 Å². The van der Waals surface area contributed by atoms with Crippen molar-refractivity contribution in [3.63, 3.8) is 0 Å². The van der Waals surface area contributed by atoms with E-state index in [9.17, 15) is 13.6 Å². The molecule has 1 aromatic heterocycles. The lowest BCUT2D eigenvalue weighted by Crippen LogP contribution is -1.97. The van der Waals surface area contributed by atoms with Crippen molar-refractivity contribution in [3.8, 4) is 5.75 Å². The molecule has 1 rings (SSSR count). The maximum absolute atomic E-state index is 12.2. The zero-order valence-corrected chi connectivity index (χ0v) is 6.83. The Hall–Kier alpha value is -1.52. The van der Waals surface area contributed by atoms with Crippen molar-refractivity contribution < 1.29 is 18.3 Å². The van der Waals surface area contributed by atoms with Gasteiger partial charge in [-0.05, 0) is 0 Å². The predicted octanol–water partition coefficient (Wildman–Crippen LogP) is 1.84. The van der Waals surface area contributed by atoms with E-state index in [4.69, 9.17) is 4.74 Å². The summed E-state index contributed by atoms with van der Waals surface area (Å²) in [4.78, 5) is 13.7. The van der Waals surface area contributed by atoms with Gasteiger partial charge in [0.05, 0.1) is 7.11 Å². The molecule has 0 saturated carbocycles. The summed E-state index contributed by atoms with van der Waals surface area (Å²) >= 11 is 0. The van der Waals surface area contributed by atoms with E-state index in [1.54, 1.807) is 0 Å². The van der Waals surface area contributed by atoms with E-state index in [0.29, 0.717) is 6.29 Å². The zero-order valence-electron chi connectivity index (χ0n) is 6.83. The van der Waals surface area contributed by atoms with Gasteiger partial charge >= 0.3 is 0 Å². The number of alkyl halides is 2. The van der Waals surface area contributed by atoms with Gasteiger partial charge in [0.2, 0.25) is 0 Å². The van der Waals surface area contributed by atoms with Crippen LogP contribution in [-0.4, -0.2) is 18.4 Å². The van der Waals surface area contributed by atoms with Crippen molar-refractivity contribution >= 4 is 6.29 Å². The number of aldehydes is 1. The van der Waals surface area contributed by atoms with Crippen LogP contribution in [-0.2, 0) is 0 Å². The molecular formula is C8H7F2NO2. The summed E-state index contributed by atoms with van der Waals surface area (Å²) in [6.45, 7) is 0. The van der Waals surface area contributed by atoms with E-state index >= 15 is 0 Å². The lowest BCUT2D eigenvalue weighted by molar-refractivity contribution is 0.111. The summed E-state index contributed by atoms with van der Waals surface area (Å²) < 4.78 is 29.0. The molecule has 0 aromatic carbocycles. The first-order chi connectivity index (χ1) is 6.17. The fourth-order valence-corrected chi connectivity index (χ4v) is 0.837. The fourth-order valence-electron chi connectivity index (χ4n) is 0.837. The average Bonchev–Trinajstić information content (AvgIpc) is 2.16. The predicted molar refractivity (Wildman–Crippen MR) is 41.1 cm³/mol. The number of carbonyl (C=O) groups excluding carboxylic acids is 1. The van der Waals surface area contributed by atoms with E-state index in [0.717, 1.165) is 6.07 Å². The summed E-state index contributed by atoms with van der Waals surface area (Å²) in [6, 6.07) is 2.39. The molecule has 0 bridgehead atoms. The quantitative estimate of drug-likeness (QED) is 0.677. The van der Waals surface area contributed by atoms with Crippen LogP contribution in [0, 0.1) is 0 Å². The lowest BCUT2D eigenvalue weighted by atomic mass is 10.3. The summed E-state index contributed by atoms with van der Waals surface area (Å²) in [5.41, 5.74) is -0.517. The second-order valence-corrected chi connectivity index (χ2v) is 2.28. The van der Waals surface area contributed by atoms with Crippen LogP contribution in [0.2, 0.25) is 0 Å². The van der Waals surface area contributed by atoms with Crippen LogP contribution in [0.1, 0.15) is 22.6 Å². The molecule has 70 valence electrons. The number of nitrogens with zero attached hydrogens (tertiary/aromatic N) is 1. The Morgan fingerprint density at radius 2 is 2.23 bits per heavy atom. The first-order valence-electron chi connectivity index (χ1n) is 3.46. The third kappa shape index (κ3) is 2.21. The maximum Gasteiger partial charge on any atom is 0.280 e. The first-order valence-corrected chi connectivity index (χ1v) is 3.46. The van der Waals surface area contributed by atoms with E-state index in [2.05, 4.69) is 4.98 Å². The molecule has 13 heavy (non-hydrogen) atoms. The molecule has 0 aliphatic carbocycles. The minimum absolute atomic E-state index is 0.0605. The van der Waals surface area contributed by atoms with E-state index in [-0.39, 0.29) is 11.4 Å². The monoisotopic (exact) mass is 187 g/mol. The van der Waals surface area contributed by atoms with Crippen LogP contribution in [0.25, 0.3) is 0 Å². The lowest BCUT2D eigenvalue weighted by Gasteiger charge is -2.03. The van der Waals surface area contributed by atoms with Gasteiger partial charge in [0, 0.05) is 12.1 Å². The molecule has 0 aliphatic rings. The molecule has 0 saturated heterocycles. The molecule has 0 unspecified atom stereocenters. The number of rotatable bonds is 3. The summed E-state index contributed by atoms with van der Waals surface area (Å²) in [5.74, 6) is 0.201. The molecule has 0 amide bonds. The highest BCUT2D eigenvalue weighted by molar-refractivity contribution is 5.72. The Morgan fingerprint density at radius 3 is 2.69 bits per heavy atom. The third-order valence-electron chi connectivity index (χ3n) is 1.42. The van der Waals surface area contributed by atoms with E-state index in [1.165, 1.54) is 13.2 Å². The van der Waals surface area contributed by atoms with Crippen molar-refractivity contribution in [2.75, 3.05) is 7.11 Å². The maximum atomic E-state index is 12.2. The van der Waals surface area contributed by atoms with Crippen molar-refractivity contribution in [2.45, 2.75) is 6.43 Å². The topological polar surface area (TPSA) is 39.2 Å². The van der Waals surface area contributed by atoms with Gasteiger partial charge in [-0.3, -0.25) is 4.79 Å². The van der Waals surface area contributed by atoms with Crippen LogP contribution in [0.5, 0.6) is 5.75 Å². The smallest absolute Gasteiger partial charge is 0.280 e. The number of aromatic nitrogens is 1. The Kier molecular flexibility index (Phi) is 2.89. The van der Waals surface area contributed by atoms with Gasteiger partial charge in [0.1, 0.15) is 17.1 Å². The van der Waals surface area contributed by atoms with Gasteiger partial charge in [-0.15, -0.1) is 0 Å². The van der Waals surface area contributed by atoms with Crippen molar-refractivity contribution in [3.05, 3.63) is 23.5 Å². The molecule has 1 heterocycles. The van der Waals surface area contributed by atoms with Crippen LogP contribution in [0.4, 0.5) is 8.78 Å². The van der Waals surface area contributed by atoms with Crippen molar-refractivity contribution in [1.82, 2.24) is 4.98 Å². The van der Waals surface area contributed by atoms with Crippen LogP contribution < -0.4 is 4.74 Å². The normalized spacial score (nSPS) is 10.2. The molecule has 3 nitrogen and oxygen atoms in total. The van der Waals surface area contributed by atoms with Gasteiger partial charge in [-0.25, -0.2) is 13.8 Å². The van der Waals surface area contributed by atoms with Gasteiger partial charge in [-0.2, -0.15) is 0 Å². The van der Waals surface area contributed by atoms with Gasteiger partial charge in [0.15, 0.2) is 6.29 Å². The highest BCUT2D eigenvalue weighted by Gasteiger charge is 2.11. The average molecular weight is 187 g/mol. The zero-order chi connectivity index (χ0) is 9.84. The van der Waals surface area contributed by atoms with Gasteiger partial charge in [0.25, 0.3) is 6.43 Å². The largest absolute Gasteiger partial charge is 0.497 e.